The van der Waals surface area contributed by atoms with Crippen molar-refractivity contribution in [3.8, 4) is 11.5 Å². The van der Waals surface area contributed by atoms with Gasteiger partial charge in [-0.3, -0.25) is 9.59 Å². The van der Waals surface area contributed by atoms with Gasteiger partial charge in [0.2, 0.25) is 0 Å². The maximum Gasteiger partial charge on any atom is 0.262 e. The Morgan fingerprint density at radius 1 is 1.03 bits per heavy atom. The zero-order valence-corrected chi connectivity index (χ0v) is 20.1. The molecule has 174 valence electrons. The average Bonchev–Trinajstić information content (AvgIpc) is 2.85. The number of ether oxygens (including phenoxy) is 2. The summed E-state index contributed by atoms with van der Waals surface area (Å²) in [6.45, 7) is 2.46. The van der Waals surface area contributed by atoms with Crippen molar-refractivity contribution in [1.82, 2.24) is 5.32 Å². The molecule has 1 aliphatic rings. The molecule has 1 aliphatic heterocycles. The number of hydrogen-bond donors (Lipinski definition) is 2. The van der Waals surface area contributed by atoms with Crippen molar-refractivity contribution in [2.75, 3.05) is 26.1 Å². The lowest BCUT2D eigenvalue weighted by atomic mass is 10.1. The largest absolute Gasteiger partial charge is 0.497 e. The highest BCUT2D eigenvalue weighted by Gasteiger charge is 2.22. The number of hydrogen-bond acceptors (Lipinski definition) is 5. The molecule has 0 unspecified atom stereocenters. The molecule has 0 fully saturated rings. The van der Waals surface area contributed by atoms with Gasteiger partial charge in [-0.05, 0) is 66.9 Å². The summed E-state index contributed by atoms with van der Waals surface area (Å²) in [7, 11) is 3.23. The normalized spacial score (nSPS) is 13.7. The highest BCUT2D eigenvalue weighted by Crippen LogP contribution is 2.39. The first kappa shape index (κ1) is 23.4. The number of thioether (sulfide) groups is 1. The van der Waals surface area contributed by atoms with E-state index in [-0.39, 0.29) is 11.8 Å². The molecule has 34 heavy (non-hydrogen) atoms. The molecule has 2 amide bonds. The highest BCUT2D eigenvalue weighted by atomic mass is 32.2. The molecule has 4 rings (SSSR count). The number of nitrogens with one attached hydrogen (secondary N) is 2. The fourth-order valence-electron chi connectivity index (χ4n) is 3.61. The molecule has 3 aromatic rings. The van der Waals surface area contributed by atoms with Crippen LogP contribution in [0.3, 0.4) is 0 Å². The van der Waals surface area contributed by atoms with Crippen molar-refractivity contribution in [2.24, 2.45) is 0 Å². The predicted molar refractivity (Wildman–Crippen MR) is 136 cm³/mol. The van der Waals surface area contributed by atoms with Gasteiger partial charge in [0.05, 0.1) is 24.8 Å². The number of rotatable bonds is 7. The van der Waals surface area contributed by atoms with Gasteiger partial charge in [0, 0.05) is 17.0 Å². The van der Waals surface area contributed by atoms with Gasteiger partial charge >= 0.3 is 0 Å². The summed E-state index contributed by atoms with van der Waals surface area (Å²) in [6.07, 6.45) is 2.46. The molecule has 0 saturated carbocycles. The lowest BCUT2D eigenvalue weighted by molar-refractivity contribution is -0.112. The van der Waals surface area contributed by atoms with Gasteiger partial charge in [0.1, 0.15) is 11.5 Å². The number of anilines is 1. The minimum atomic E-state index is -0.204. The summed E-state index contributed by atoms with van der Waals surface area (Å²) in [4.78, 5) is 26.9. The number of fused-ring (bicyclic) bond motifs is 1. The standard InChI is InChI=1S/C27H26N2O4S/c1-17-4-6-18(7-5-17)14-25-27(31)29-22-16-20(8-11-24(22)34-25)26(30)28-13-12-19-15-21(32-2)9-10-23(19)33-3/h4-11,14-16H,12-13H2,1-3H3,(H,28,30)(H,29,31)/b25-14+. The fourth-order valence-corrected chi connectivity index (χ4v) is 4.54. The third-order valence-electron chi connectivity index (χ3n) is 5.48. The van der Waals surface area contributed by atoms with Crippen molar-refractivity contribution in [2.45, 2.75) is 18.2 Å². The number of benzene rings is 3. The van der Waals surface area contributed by atoms with Gasteiger partial charge < -0.3 is 20.1 Å². The summed E-state index contributed by atoms with van der Waals surface area (Å²) in [5.74, 6) is 1.10. The smallest absolute Gasteiger partial charge is 0.262 e. The molecule has 0 radical (unpaired) electrons. The number of carbonyl (C=O) groups excluding carboxylic acids is 2. The lowest BCUT2D eigenvalue weighted by Gasteiger charge is -2.19. The zero-order chi connectivity index (χ0) is 24.1. The van der Waals surface area contributed by atoms with Crippen LogP contribution >= 0.6 is 11.8 Å². The van der Waals surface area contributed by atoms with Crippen molar-refractivity contribution in [1.29, 1.82) is 0 Å². The molecule has 3 aromatic carbocycles. The Hall–Kier alpha value is -3.71. The number of methoxy groups -OCH3 is 2. The van der Waals surface area contributed by atoms with Gasteiger partial charge in [0.25, 0.3) is 11.8 Å². The Bertz CT molecular complexity index is 1250. The number of amides is 2. The van der Waals surface area contributed by atoms with Gasteiger partial charge in [0.15, 0.2) is 0 Å². The van der Waals surface area contributed by atoms with Crippen molar-refractivity contribution in [3.63, 3.8) is 0 Å². The van der Waals surface area contributed by atoms with Crippen LogP contribution in [0.1, 0.15) is 27.0 Å². The molecule has 0 bridgehead atoms. The third kappa shape index (κ3) is 5.43. The molecule has 6 nitrogen and oxygen atoms in total. The molecule has 2 N–H and O–H groups in total. The van der Waals surface area contributed by atoms with Crippen LogP contribution in [0.4, 0.5) is 5.69 Å². The second kappa shape index (κ2) is 10.5. The topological polar surface area (TPSA) is 76.7 Å². The van der Waals surface area contributed by atoms with E-state index < -0.39 is 0 Å². The van der Waals surface area contributed by atoms with Crippen LogP contribution in [0.15, 0.2) is 70.5 Å². The highest BCUT2D eigenvalue weighted by molar-refractivity contribution is 8.04. The first-order valence-electron chi connectivity index (χ1n) is 10.9. The van der Waals surface area contributed by atoms with Gasteiger partial charge in [-0.1, -0.05) is 41.6 Å². The summed E-state index contributed by atoms with van der Waals surface area (Å²) in [5, 5.41) is 5.84. The van der Waals surface area contributed by atoms with Crippen LogP contribution < -0.4 is 20.1 Å². The van der Waals surface area contributed by atoms with E-state index >= 15 is 0 Å². The van der Waals surface area contributed by atoms with E-state index in [9.17, 15) is 9.59 Å². The van der Waals surface area contributed by atoms with Crippen molar-refractivity contribution >= 4 is 35.3 Å². The molecular weight excluding hydrogens is 448 g/mol. The molecule has 1 heterocycles. The van der Waals surface area contributed by atoms with Crippen molar-refractivity contribution in [3.05, 3.63) is 87.8 Å². The Balaban J connectivity index is 1.41. The van der Waals surface area contributed by atoms with Crippen LogP contribution in [0.25, 0.3) is 6.08 Å². The van der Waals surface area contributed by atoms with Crippen molar-refractivity contribution < 1.29 is 19.1 Å². The molecule has 0 spiro atoms. The van der Waals surface area contributed by atoms with Gasteiger partial charge in [-0.15, -0.1) is 0 Å². The molecule has 0 aromatic heterocycles. The number of aryl methyl sites for hydroxylation is 1. The van der Waals surface area contributed by atoms with E-state index in [0.717, 1.165) is 27.5 Å². The summed E-state index contributed by atoms with van der Waals surface area (Å²) in [5.41, 5.74) is 4.21. The molecular formula is C27H26N2O4S. The summed E-state index contributed by atoms with van der Waals surface area (Å²) in [6, 6.07) is 18.9. The predicted octanol–water partition coefficient (Wildman–Crippen LogP) is 5.07. The first-order chi connectivity index (χ1) is 16.5. The molecule has 7 heteroatoms. The van der Waals surface area contributed by atoms with E-state index in [2.05, 4.69) is 10.6 Å². The van der Waals surface area contributed by atoms with Crippen LogP contribution in [0, 0.1) is 6.92 Å². The number of carbonyl (C=O) groups is 2. The monoisotopic (exact) mass is 474 g/mol. The molecule has 0 atom stereocenters. The summed E-state index contributed by atoms with van der Waals surface area (Å²) < 4.78 is 10.7. The Kier molecular flexibility index (Phi) is 7.23. The van der Waals surface area contributed by atoms with E-state index in [1.54, 1.807) is 26.4 Å². The second-order valence-corrected chi connectivity index (χ2v) is 8.95. The molecule has 0 aliphatic carbocycles. The van der Waals surface area contributed by atoms with E-state index in [1.807, 2.05) is 61.5 Å². The minimum absolute atomic E-state index is 0.180. The lowest BCUT2D eigenvalue weighted by Crippen LogP contribution is -2.26. The third-order valence-corrected chi connectivity index (χ3v) is 6.58. The fraction of sp³-hybridized carbons (Fsp3) is 0.185. The summed E-state index contributed by atoms with van der Waals surface area (Å²) >= 11 is 1.40. The van der Waals surface area contributed by atoms with Crippen LogP contribution in [-0.2, 0) is 11.2 Å². The first-order valence-corrected chi connectivity index (χ1v) is 11.7. The Labute approximate surface area is 203 Å². The maximum absolute atomic E-state index is 12.7. The van der Waals surface area contributed by atoms with Crippen LogP contribution in [-0.4, -0.2) is 32.6 Å². The second-order valence-electron chi connectivity index (χ2n) is 7.87. The average molecular weight is 475 g/mol. The van der Waals surface area contributed by atoms with E-state index in [0.29, 0.717) is 29.1 Å². The SMILES string of the molecule is COc1ccc(OC)c(CCNC(=O)c2ccc3c(c2)NC(=O)/C(=C\c2ccc(C)cc2)S3)c1. The van der Waals surface area contributed by atoms with E-state index in [1.165, 1.54) is 17.3 Å². The van der Waals surface area contributed by atoms with Crippen LogP contribution in [0.5, 0.6) is 11.5 Å². The van der Waals surface area contributed by atoms with Gasteiger partial charge in [-0.2, -0.15) is 0 Å². The quantitative estimate of drug-likeness (QED) is 0.468. The van der Waals surface area contributed by atoms with Gasteiger partial charge in [-0.25, -0.2) is 0 Å². The van der Waals surface area contributed by atoms with Crippen LogP contribution in [0.2, 0.25) is 0 Å². The maximum atomic E-state index is 12.7. The minimum Gasteiger partial charge on any atom is -0.497 e. The van der Waals surface area contributed by atoms with E-state index in [4.69, 9.17) is 9.47 Å². The zero-order valence-electron chi connectivity index (χ0n) is 19.3. The Morgan fingerprint density at radius 2 is 1.82 bits per heavy atom. The molecule has 0 saturated heterocycles. The Morgan fingerprint density at radius 3 is 2.56 bits per heavy atom.